The number of nitrogens with one attached hydrogen (secondary N) is 1. The van der Waals surface area contributed by atoms with E-state index >= 15 is 0 Å². The summed E-state index contributed by atoms with van der Waals surface area (Å²) >= 11 is 0. The number of ether oxygens (including phenoxy) is 2. The Balaban J connectivity index is 1.65. The second-order valence-electron chi connectivity index (χ2n) is 8.92. The van der Waals surface area contributed by atoms with E-state index in [9.17, 15) is 4.79 Å². The summed E-state index contributed by atoms with van der Waals surface area (Å²) in [6.45, 7) is 10.8. The van der Waals surface area contributed by atoms with Gasteiger partial charge in [-0.3, -0.25) is 4.79 Å². The molecule has 4 heteroatoms. The van der Waals surface area contributed by atoms with Crippen LogP contribution in [0.3, 0.4) is 0 Å². The first kappa shape index (κ1) is 21.2. The number of carbonyl (C=O) groups is 1. The van der Waals surface area contributed by atoms with Gasteiger partial charge < -0.3 is 14.8 Å². The Morgan fingerprint density at radius 1 is 1.10 bits per heavy atom. The maximum atomic E-state index is 12.6. The highest BCUT2D eigenvalue weighted by Gasteiger charge is 2.38. The van der Waals surface area contributed by atoms with Gasteiger partial charge >= 0.3 is 0 Å². The molecule has 0 saturated heterocycles. The molecule has 0 radical (unpaired) electrons. The monoisotopic (exact) mass is 395 g/mol. The van der Waals surface area contributed by atoms with E-state index in [1.807, 2.05) is 36.4 Å². The topological polar surface area (TPSA) is 47.6 Å². The number of para-hydroxylation sites is 1. The van der Waals surface area contributed by atoms with E-state index < -0.39 is 0 Å². The largest absolute Gasteiger partial charge is 0.487 e. The van der Waals surface area contributed by atoms with E-state index in [1.54, 1.807) is 0 Å². The van der Waals surface area contributed by atoms with E-state index in [0.29, 0.717) is 5.75 Å². The number of hydrogen-bond donors (Lipinski definition) is 1. The fraction of sp³-hybridized carbons (Fsp3) is 0.480. The highest BCUT2D eigenvalue weighted by Crippen LogP contribution is 2.42. The average molecular weight is 396 g/mol. The quantitative estimate of drug-likeness (QED) is 0.696. The van der Waals surface area contributed by atoms with Gasteiger partial charge in [0.05, 0.1) is 6.04 Å². The van der Waals surface area contributed by atoms with Gasteiger partial charge in [0.15, 0.2) is 6.61 Å². The van der Waals surface area contributed by atoms with Crippen LogP contribution in [0, 0.1) is 0 Å². The maximum Gasteiger partial charge on any atom is 0.258 e. The van der Waals surface area contributed by atoms with E-state index in [4.69, 9.17) is 9.47 Å². The van der Waals surface area contributed by atoms with E-state index in [2.05, 4.69) is 52.1 Å². The molecule has 2 aromatic rings. The minimum Gasteiger partial charge on any atom is -0.487 e. The molecule has 1 N–H and O–H groups in total. The van der Waals surface area contributed by atoms with Crippen LogP contribution in [-0.2, 0) is 10.2 Å². The van der Waals surface area contributed by atoms with Crippen LogP contribution < -0.4 is 14.8 Å². The van der Waals surface area contributed by atoms with Crippen LogP contribution in [0.4, 0.5) is 0 Å². The summed E-state index contributed by atoms with van der Waals surface area (Å²) in [4.78, 5) is 12.6. The van der Waals surface area contributed by atoms with Crippen LogP contribution in [0.1, 0.15) is 71.0 Å². The second-order valence-corrected chi connectivity index (χ2v) is 8.92. The molecule has 0 bridgehead atoms. The van der Waals surface area contributed by atoms with Crippen molar-refractivity contribution in [2.75, 3.05) is 6.61 Å². The molecule has 0 aromatic heterocycles. The molecule has 1 unspecified atom stereocenters. The highest BCUT2D eigenvalue weighted by atomic mass is 16.5. The Kier molecular flexibility index (Phi) is 6.21. The molecule has 1 atom stereocenters. The lowest BCUT2D eigenvalue weighted by molar-refractivity contribution is -0.124. The van der Waals surface area contributed by atoms with Crippen molar-refractivity contribution in [3.8, 4) is 11.5 Å². The fourth-order valence-corrected chi connectivity index (χ4v) is 3.87. The van der Waals surface area contributed by atoms with Crippen LogP contribution in [-0.4, -0.2) is 18.1 Å². The van der Waals surface area contributed by atoms with Gasteiger partial charge in [-0.15, -0.1) is 0 Å². The van der Waals surface area contributed by atoms with Gasteiger partial charge in [0.25, 0.3) is 5.91 Å². The maximum absolute atomic E-state index is 12.6. The van der Waals surface area contributed by atoms with Crippen LogP contribution in [0.25, 0.3) is 0 Å². The lowest BCUT2D eigenvalue weighted by Crippen LogP contribution is -2.45. The number of amides is 1. The van der Waals surface area contributed by atoms with Crippen molar-refractivity contribution in [1.82, 2.24) is 5.32 Å². The van der Waals surface area contributed by atoms with Crippen molar-refractivity contribution < 1.29 is 14.3 Å². The Labute approximate surface area is 174 Å². The lowest BCUT2D eigenvalue weighted by atomic mass is 9.83. The summed E-state index contributed by atoms with van der Waals surface area (Å²) in [7, 11) is 0. The molecule has 0 aliphatic carbocycles. The first-order chi connectivity index (χ1) is 13.8. The summed E-state index contributed by atoms with van der Waals surface area (Å²) < 4.78 is 12.0. The summed E-state index contributed by atoms with van der Waals surface area (Å²) in [5.41, 5.74) is 2.13. The Bertz CT molecular complexity index is 832. The zero-order chi connectivity index (χ0) is 21.1. The lowest BCUT2D eigenvalue weighted by Gasteiger charge is -2.41. The van der Waals surface area contributed by atoms with Crippen LogP contribution in [0.5, 0.6) is 11.5 Å². The number of carbonyl (C=O) groups excluding carboxylic acids is 1. The summed E-state index contributed by atoms with van der Waals surface area (Å²) in [5.74, 6) is 1.45. The molecule has 1 aliphatic heterocycles. The zero-order valence-corrected chi connectivity index (χ0v) is 18.2. The fourth-order valence-electron chi connectivity index (χ4n) is 3.87. The molecule has 1 amide bonds. The first-order valence-corrected chi connectivity index (χ1v) is 10.6. The van der Waals surface area contributed by atoms with Gasteiger partial charge in [0.1, 0.15) is 17.1 Å². The number of rotatable bonds is 6. The molecule has 29 heavy (non-hydrogen) atoms. The normalized spacial score (nSPS) is 17.8. The average Bonchev–Trinajstić information content (AvgIpc) is 2.71. The molecule has 2 aromatic carbocycles. The molecule has 156 valence electrons. The zero-order valence-electron chi connectivity index (χ0n) is 18.2. The van der Waals surface area contributed by atoms with E-state index in [-0.39, 0.29) is 29.6 Å². The van der Waals surface area contributed by atoms with Crippen molar-refractivity contribution >= 4 is 5.91 Å². The molecule has 0 spiro atoms. The van der Waals surface area contributed by atoms with Crippen molar-refractivity contribution in [2.45, 2.75) is 70.9 Å². The van der Waals surface area contributed by atoms with Crippen molar-refractivity contribution in [1.29, 1.82) is 0 Å². The summed E-state index contributed by atoms with van der Waals surface area (Å²) in [6.07, 6.45) is 2.57. The van der Waals surface area contributed by atoms with Gasteiger partial charge in [-0.25, -0.2) is 0 Å². The van der Waals surface area contributed by atoms with Gasteiger partial charge in [0.2, 0.25) is 0 Å². The van der Waals surface area contributed by atoms with E-state index in [1.165, 1.54) is 5.56 Å². The minimum absolute atomic E-state index is 0.000359. The Hall–Kier alpha value is -2.49. The Morgan fingerprint density at radius 2 is 1.76 bits per heavy atom. The van der Waals surface area contributed by atoms with Gasteiger partial charge in [-0.1, -0.05) is 65.0 Å². The molecule has 0 fully saturated rings. The van der Waals surface area contributed by atoms with Crippen LogP contribution in [0.15, 0.2) is 48.5 Å². The molecular formula is C25H33NO3. The molecule has 0 saturated carbocycles. The number of benzene rings is 2. The van der Waals surface area contributed by atoms with Crippen molar-refractivity contribution in [3.05, 3.63) is 59.7 Å². The smallest absolute Gasteiger partial charge is 0.258 e. The van der Waals surface area contributed by atoms with Gasteiger partial charge in [0, 0.05) is 12.0 Å². The SMILES string of the molecule is CCC1(CC)CC(NC(=O)COc2ccc(C(C)(C)C)cc2)c2ccccc2O1. The third kappa shape index (κ3) is 4.92. The minimum atomic E-state index is -0.240. The highest BCUT2D eigenvalue weighted by molar-refractivity contribution is 5.78. The standard InChI is InChI=1S/C25H33NO3/c1-6-25(7-2)16-21(20-10-8-9-11-22(20)29-25)26-23(27)17-28-19-14-12-18(13-15-19)24(3,4)5/h8-15,21H,6-7,16-17H2,1-5H3,(H,26,27). The third-order valence-electron chi connectivity index (χ3n) is 5.91. The number of fused-ring (bicyclic) bond motifs is 1. The number of hydrogen-bond acceptors (Lipinski definition) is 3. The first-order valence-electron chi connectivity index (χ1n) is 10.6. The van der Waals surface area contributed by atoms with Crippen LogP contribution >= 0.6 is 0 Å². The van der Waals surface area contributed by atoms with Crippen molar-refractivity contribution in [2.24, 2.45) is 0 Å². The third-order valence-corrected chi connectivity index (χ3v) is 5.91. The molecule has 3 rings (SSSR count). The van der Waals surface area contributed by atoms with Gasteiger partial charge in [-0.2, -0.15) is 0 Å². The predicted molar refractivity (Wildman–Crippen MR) is 117 cm³/mol. The van der Waals surface area contributed by atoms with E-state index in [0.717, 1.165) is 30.6 Å². The predicted octanol–water partition coefficient (Wildman–Crippen LogP) is 5.56. The Morgan fingerprint density at radius 3 is 2.38 bits per heavy atom. The molecule has 4 nitrogen and oxygen atoms in total. The van der Waals surface area contributed by atoms with Crippen molar-refractivity contribution in [3.63, 3.8) is 0 Å². The molecule has 1 aliphatic rings. The summed E-state index contributed by atoms with van der Waals surface area (Å²) in [6, 6.07) is 15.9. The molecule has 1 heterocycles. The second kappa shape index (κ2) is 8.48. The molecular weight excluding hydrogens is 362 g/mol. The summed E-state index contributed by atoms with van der Waals surface area (Å²) in [5, 5.41) is 3.16. The van der Waals surface area contributed by atoms with Gasteiger partial charge in [-0.05, 0) is 42.0 Å². The van der Waals surface area contributed by atoms with Crippen LogP contribution in [0.2, 0.25) is 0 Å².